The molecule has 1 saturated heterocycles. The van der Waals surface area contributed by atoms with Crippen LogP contribution in [0.3, 0.4) is 0 Å². The molecule has 1 aromatic carbocycles. The Morgan fingerprint density at radius 1 is 1.41 bits per heavy atom. The van der Waals surface area contributed by atoms with Crippen LogP contribution in [0.1, 0.15) is 13.3 Å². The quantitative estimate of drug-likeness (QED) is 0.686. The van der Waals surface area contributed by atoms with E-state index in [-0.39, 0.29) is 12.1 Å². The summed E-state index contributed by atoms with van der Waals surface area (Å²) in [5, 5.41) is 5.14. The molecule has 1 aromatic rings. The summed E-state index contributed by atoms with van der Waals surface area (Å²) in [6.07, 6.45) is 0.997. The van der Waals surface area contributed by atoms with Crippen molar-refractivity contribution in [3.63, 3.8) is 0 Å². The molecule has 0 spiro atoms. The number of para-hydroxylation sites is 2. The Labute approximate surface area is 99.7 Å². The van der Waals surface area contributed by atoms with Gasteiger partial charge < -0.3 is 5.32 Å². The fourth-order valence-electron chi connectivity index (χ4n) is 2.73. The molecular formula is C13H16N3O+. The van der Waals surface area contributed by atoms with E-state index >= 15 is 0 Å². The molecule has 88 valence electrons. The molecule has 0 aromatic heterocycles. The fourth-order valence-corrected chi connectivity index (χ4v) is 2.73. The van der Waals surface area contributed by atoms with Crippen molar-refractivity contribution in [2.24, 2.45) is 10.9 Å². The van der Waals surface area contributed by atoms with Gasteiger partial charge in [-0.05, 0) is 18.7 Å². The van der Waals surface area contributed by atoms with Crippen LogP contribution in [0, 0.1) is 5.92 Å². The van der Waals surface area contributed by atoms with Crippen LogP contribution in [-0.4, -0.2) is 25.2 Å². The number of rotatable bonds is 1. The van der Waals surface area contributed by atoms with E-state index < -0.39 is 0 Å². The van der Waals surface area contributed by atoms with Crippen LogP contribution in [0.25, 0.3) is 0 Å². The molecule has 2 aliphatic heterocycles. The van der Waals surface area contributed by atoms with E-state index in [1.165, 1.54) is 0 Å². The lowest BCUT2D eigenvalue weighted by atomic mass is 9.95. The number of nitrogens with one attached hydrogen (secondary N) is 1. The standard InChI is InChI=1S/C13H16N3O/c1-9-8-14-7-6-11(9)16-12-5-3-2-4-10(12)15-13(16)17/h2-5,9,11,14H,6-8H2,1H3/q+1. The summed E-state index contributed by atoms with van der Waals surface area (Å²) in [6.45, 7) is 4.13. The van der Waals surface area contributed by atoms with Crippen molar-refractivity contribution in [2.75, 3.05) is 13.1 Å². The maximum atomic E-state index is 12.0. The Morgan fingerprint density at radius 2 is 2.24 bits per heavy atom. The van der Waals surface area contributed by atoms with Crippen LogP contribution in [0.2, 0.25) is 0 Å². The summed E-state index contributed by atoms with van der Waals surface area (Å²) < 4.78 is 1.88. The van der Waals surface area contributed by atoms with E-state index in [2.05, 4.69) is 17.2 Å². The maximum absolute atomic E-state index is 12.0. The number of hydrogen-bond acceptors (Lipinski definition) is 2. The summed E-state index contributed by atoms with van der Waals surface area (Å²) >= 11 is 0. The molecular weight excluding hydrogens is 214 g/mol. The first-order valence-electron chi connectivity index (χ1n) is 6.12. The average Bonchev–Trinajstić information content (AvgIpc) is 2.66. The van der Waals surface area contributed by atoms with Crippen LogP contribution < -0.4 is 20.6 Å². The number of amides is 2. The summed E-state index contributed by atoms with van der Waals surface area (Å²) in [7, 11) is 0. The van der Waals surface area contributed by atoms with Gasteiger partial charge in [0, 0.05) is 23.9 Å². The molecule has 2 unspecified atom stereocenters. The molecule has 1 N–H and O–H groups in total. The van der Waals surface area contributed by atoms with Crippen molar-refractivity contribution in [2.45, 2.75) is 19.4 Å². The first kappa shape index (κ1) is 10.6. The lowest BCUT2D eigenvalue weighted by molar-refractivity contribution is 0.221. The van der Waals surface area contributed by atoms with E-state index in [1.54, 1.807) is 0 Å². The average molecular weight is 230 g/mol. The Balaban J connectivity index is 2.15. The highest BCUT2D eigenvalue weighted by atomic mass is 16.2. The van der Waals surface area contributed by atoms with Crippen molar-refractivity contribution in [1.29, 1.82) is 0 Å². The van der Waals surface area contributed by atoms with Gasteiger partial charge in [-0.25, -0.2) is 0 Å². The second kappa shape index (κ2) is 4.04. The smallest absolute Gasteiger partial charge is 0.316 e. The van der Waals surface area contributed by atoms with Gasteiger partial charge >= 0.3 is 6.03 Å². The van der Waals surface area contributed by atoms with E-state index in [0.29, 0.717) is 5.92 Å². The highest BCUT2D eigenvalue weighted by Crippen LogP contribution is 2.13. The molecule has 2 heterocycles. The van der Waals surface area contributed by atoms with Gasteiger partial charge in [-0.15, -0.1) is 0 Å². The van der Waals surface area contributed by atoms with E-state index in [9.17, 15) is 4.79 Å². The van der Waals surface area contributed by atoms with Gasteiger partial charge in [-0.2, -0.15) is 9.37 Å². The zero-order chi connectivity index (χ0) is 11.8. The van der Waals surface area contributed by atoms with Crippen molar-refractivity contribution >= 4 is 6.03 Å². The molecule has 0 aliphatic carbocycles. The third-order valence-electron chi connectivity index (χ3n) is 3.64. The van der Waals surface area contributed by atoms with E-state index in [0.717, 1.165) is 30.2 Å². The van der Waals surface area contributed by atoms with Gasteiger partial charge in [0.05, 0.1) is 0 Å². The number of fused-ring (bicyclic) bond motifs is 1. The minimum atomic E-state index is -0.107. The molecule has 17 heavy (non-hydrogen) atoms. The zero-order valence-corrected chi connectivity index (χ0v) is 9.89. The number of benzene rings is 1. The largest absolute Gasteiger partial charge is 0.541 e. The lowest BCUT2D eigenvalue weighted by Crippen LogP contribution is -2.51. The van der Waals surface area contributed by atoms with Crippen molar-refractivity contribution in [3.05, 3.63) is 35.0 Å². The highest BCUT2D eigenvalue weighted by Gasteiger charge is 2.36. The third-order valence-corrected chi connectivity index (χ3v) is 3.64. The minimum Gasteiger partial charge on any atom is -0.316 e. The predicted molar refractivity (Wildman–Crippen MR) is 64.3 cm³/mol. The molecule has 0 radical (unpaired) electrons. The van der Waals surface area contributed by atoms with Crippen molar-refractivity contribution in [3.8, 4) is 0 Å². The van der Waals surface area contributed by atoms with Gasteiger partial charge in [-0.1, -0.05) is 19.1 Å². The molecule has 4 heteroatoms. The van der Waals surface area contributed by atoms with Crippen molar-refractivity contribution in [1.82, 2.24) is 9.89 Å². The number of nitrogens with zero attached hydrogens (tertiary/aromatic N) is 2. The topological polar surface area (TPSA) is 44.5 Å². The van der Waals surface area contributed by atoms with Crippen LogP contribution in [0.5, 0.6) is 0 Å². The normalized spacial score (nSPS) is 27.8. The van der Waals surface area contributed by atoms with E-state index in [1.807, 2.05) is 28.8 Å². The Hall–Kier alpha value is -1.55. The number of urea groups is 1. The fraction of sp³-hybridized carbons (Fsp3) is 0.462. The van der Waals surface area contributed by atoms with Gasteiger partial charge in [0.1, 0.15) is 6.04 Å². The molecule has 1 fully saturated rings. The number of hydrogen-bond donors (Lipinski definition) is 1. The molecule has 2 atom stereocenters. The van der Waals surface area contributed by atoms with Gasteiger partial charge in [0.2, 0.25) is 5.36 Å². The Bertz CT molecular complexity index is 579. The summed E-state index contributed by atoms with van der Waals surface area (Å²) in [5.41, 5.74) is 0. The number of carbonyl (C=O) groups excluding carboxylic acids is 1. The minimum absolute atomic E-state index is 0.107. The molecule has 2 amide bonds. The Kier molecular flexibility index (Phi) is 2.52. The van der Waals surface area contributed by atoms with E-state index in [4.69, 9.17) is 0 Å². The second-order valence-corrected chi connectivity index (χ2v) is 4.79. The van der Waals surface area contributed by atoms with Crippen LogP contribution in [0.4, 0.5) is 4.79 Å². The van der Waals surface area contributed by atoms with Crippen molar-refractivity contribution < 1.29 is 4.79 Å². The molecule has 0 saturated carbocycles. The first-order valence-corrected chi connectivity index (χ1v) is 6.12. The first-order chi connectivity index (χ1) is 8.27. The summed E-state index contributed by atoms with van der Waals surface area (Å²) in [6, 6.07) is 7.94. The number of piperidine rings is 1. The third kappa shape index (κ3) is 1.69. The number of carbonyl (C=O) groups is 1. The summed E-state index contributed by atoms with van der Waals surface area (Å²) in [4.78, 5) is 16.1. The lowest BCUT2D eigenvalue weighted by Gasteiger charge is -2.27. The molecule has 3 rings (SSSR count). The van der Waals surface area contributed by atoms with Crippen LogP contribution in [0.15, 0.2) is 29.3 Å². The molecule has 2 aliphatic rings. The van der Waals surface area contributed by atoms with Gasteiger partial charge in [0.25, 0.3) is 0 Å². The summed E-state index contributed by atoms with van der Waals surface area (Å²) in [5.74, 6) is 0.467. The van der Waals surface area contributed by atoms with Gasteiger partial charge in [0.15, 0.2) is 5.36 Å². The Morgan fingerprint density at radius 3 is 3.06 bits per heavy atom. The molecule has 0 bridgehead atoms. The maximum Gasteiger partial charge on any atom is 0.541 e. The zero-order valence-electron chi connectivity index (χ0n) is 9.89. The highest BCUT2D eigenvalue weighted by molar-refractivity contribution is 5.78. The molecule has 4 nitrogen and oxygen atoms in total. The predicted octanol–water partition coefficient (Wildman–Crippen LogP) is -0.0711. The monoisotopic (exact) mass is 230 g/mol. The second-order valence-electron chi connectivity index (χ2n) is 4.79. The van der Waals surface area contributed by atoms with Gasteiger partial charge in [-0.3, -0.25) is 0 Å². The van der Waals surface area contributed by atoms with Crippen LogP contribution in [-0.2, 0) is 0 Å². The van der Waals surface area contributed by atoms with Crippen LogP contribution >= 0.6 is 0 Å². The SMILES string of the molecule is CC1CNCCC1[N+]1=c2ccccc2=NC1=O.